The summed E-state index contributed by atoms with van der Waals surface area (Å²) in [6, 6.07) is 12.9. The van der Waals surface area contributed by atoms with Crippen molar-refractivity contribution in [2.75, 3.05) is 6.54 Å². The lowest BCUT2D eigenvalue weighted by Gasteiger charge is -2.11. The van der Waals surface area contributed by atoms with Gasteiger partial charge in [0.05, 0.1) is 12.6 Å². The number of phenolic OH excluding ortho intramolecular Hbond substituents is 3. The Balaban J connectivity index is 1.70. The molecule has 0 spiro atoms. The number of phenols is 3. The summed E-state index contributed by atoms with van der Waals surface area (Å²) in [5.74, 6) is 0.174. The van der Waals surface area contributed by atoms with Gasteiger partial charge in [-0.25, -0.2) is 0 Å². The molecule has 0 aliphatic heterocycles. The molecule has 0 bridgehead atoms. The van der Waals surface area contributed by atoms with Crippen LogP contribution in [0.15, 0.2) is 42.5 Å². The molecule has 118 valence electrons. The molecule has 0 saturated heterocycles. The summed E-state index contributed by atoms with van der Waals surface area (Å²) < 4.78 is 0. The van der Waals surface area contributed by atoms with Crippen LogP contribution in [0.1, 0.15) is 24.5 Å². The van der Waals surface area contributed by atoms with Crippen LogP contribution in [0, 0.1) is 0 Å². The fraction of sp³-hybridized carbons (Fsp3) is 0.333. The van der Waals surface area contributed by atoms with Gasteiger partial charge in [-0.15, -0.1) is 0 Å². The van der Waals surface area contributed by atoms with Gasteiger partial charge in [0.15, 0.2) is 11.5 Å². The van der Waals surface area contributed by atoms with Crippen molar-refractivity contribution in [3.63, 3.8) is 0 Å². The third-order valence-corrected chi connectivity index (χ3v) is 3.87. The second-order valence-corrected chi connectivity index (χ2v) is 5.78. The van der Waals surface area contributed by atoms with E-state index >= 15 is 0 Å². The number of rotatable bonds is 7. The standard InChI is InChI=1S/C18H23NO3/c1-13(2-3-14-4-7-16(20)8-5-14)19-11-10-15-6-9-17(21)18(22)12-15/h4-9,12-13,19-22H,2-3,10-11H2,1H3/p+1/t13-/m1/s1. The second kappa shape index (κ2) is 7.71. The molecular formula is C18H24NO3+. The van der Waals surface area contributed by atoms with E-state index in [2.05, 4.69) is 12.2 Å². The first-order valence-electron chi connectivity index (χ1n) is 7.66. The summed E-state index contributed by atoms with van der Waals surface area (Å²) in [6.07, 6.45) is 2.93. The molecule has 0 aromatic heterocycles. The first-order chi connectivity index (χ1) is 10.5. The van der Waals surface area contributed by atoms with Gasteiger partial charge in [0.25, 0.3) is 0 Å². The molecule has 0 heterocycles. The Hall–Kier alpha value is -2.20. The molecule has 0 aliphatic rings. The Morgan fingerprint density at radius 1 is 0.864 bits per heavy atom. The van der Waals surface area contributed by atoms with Crippen LogP contribution in [-0.2, 0) is 12.8 Å². The molecule has 0 fully saturated rings. The highest BCUT2D eigenvalue weighted by molar-refractivity contribution is 5.40. The normalized spacial score (nSPS) is 12.2. The van der Waals surface area contributed by atoms with Crippen LogP contribution >= 0.6 is 0 Å². The van der Waals surface area contributed by atoms with Crippen molar-refractivity contribution < 1.29 is 20.6 Å². The highest BCUT2D eigenvalue weighted by Crippen LogP contribution is 2.24. The van der Waals surface area contributed by atoms with E-state index in [1.54, 1.807) is 18.2 Å². The lowest BCUT2D eigenvalue weighted by Crippen LogP contribution is -2.89. The van der Waals surface area contributed by atoms with Crippen molar-refractivity contribution in [3.05, 3.63) is 53.6 Å². The minimum Gasteiger partial charge on any atom is -0.508 e. The number of aryl methyl sites for hydroxylation is 1. The Bertz CT molecular complexity index is 596. The van der Waals surface area contributed by atoms with E-state index in [0.717, 1.165) is 31.4 Å². The first-order valence-corrected chi connectivity index (χ1v) is 7.66. The molecule has 2 rings (SSSR count). The Kier molecular flexibility index (Phi) is 5.67. The molecular weight excluding hydrogens is 278 g/mol. The van der Waals surface area contributed by atoms with Crippen molar-refractivity contribution in [3.8, 4) is 17.2 Å². The largest absolute Gasteiger partial charge is 0.508 e. The molecule has 4 heteroatoms. The second-order valence-electron chi connectivity index (χ2n) is 5.78. The van der Waals surface area contributed by atoms with Gasteiger partial charge in [0, 0.05) is 12.8 Å². The third-order valence-electron chi connectivity index (χ3n) is 3.87. The van der Waals surface area contributed by atoms with Crippen LogP contribution in [-0.4, -0.2) is 27.9 Å². The molecule has 4 nitrogen and oxygen atoms in total. The molecule has 22 heavy (non-hydrogen) atoms. The van der Waals surface area contributed by atoms with Crippen molar-refractivity contribution >= 4 is 0 Å². The summed E-state index contributed by atoms with van der Waals surface area (Å²) in [5, 5.41) is 30.3. The van der Waals surface area contributed by atoms with E-state index in [4.69, 9.17) is 0 Å². The molecule has 0 unspecified atom stereocenters. The summed E-state index contributed by atoms with van der Waals surface area (Å²) in [7, 11) is 0. The van der Waals surface area contributed by atoms with Crippen molar-refractivity contribution in [2.24, 2.45) is 0 Å². The average molecular weight is 302 g/mol. The van der Waals surface area contributed by atoms with Crippen LogP contribution in [0.5, 0.6) is 17.2 Å². The minimum absolute atomic E-state index is 0.0575. The van der Waals surface area contributed by atoms with E-state index in [1.165, 1.54) is 11.6 Å². The van der Waals surface area contributed by atoms with Crippen molar-refractivity contribution in [2.45, 2.75) is 32.2 Å². The maximum absolute atomic E-state index is 9.46. The zero-order chi connectivity index (χ0) is 15.9. The van der Waals surface area contributed by atoms with Crippen molar-refractivity contribution in [1.29, 1.82) is 0 Å². The van der Waals surface area contributed by atoms with Gasteiger partial charge in [-0.3, -0.25) is 0 Å². The van der Waals surface area contributed by atoms with Gasteiger partial charge in [-0.05, 0) is 48.7 Å². The predicted octanol–water partition coefficient (Wildman–Crippen LogP) is 1.93. The van der Waals surface area contributed by atoms with E-state index in [-0.39, 0.29) is 11.5 Å². The van der Waals surface area contributed by atoms with Gasteiger partial charge in [-0.2, -0.15) is 0 Å². The number of hydrogen-bond acceptors (Lipinski definition) is 3. The number of quaternary nitrogens is 1. The van der Waals surface area contributed by atoms with Gasteiger partial charge < -0.3 is 20.6 Å². The smallest absolute Gasteiger partial charge is 0.157 e. The van der Waals surface area contributed by atoms with Crippen LogP contribution in [0.4, 0.5) is 0 Å². The van der Waals surface area contributed by atoms with E-state index in [0.29, 0.717) is 11.8 Å². The zero-order valence-electron chi connectivity index (χ0n) is 12.9. The number of hydrogen-bond donors (Lipinski definition) is 4. The lowest BCUT2D eigenvalue weighted by atomic mass is 10.1. The average Bonchev–Trinajstić information content (AvgIpc) is 2.50. The number of benzene rings is 2. The molecule has 2 aromatic rings. The minimum atomic E-state index is -0.0741. The first kappa shape index (κ1) is 16.2. The molecule has 0 amide bonds. The molecule has 0 aliphatic carbocycles. The molecule has 1 atom stereocenters. The van der Waals surface area contributed by atoms with Gasteiger partial charge in [0.1, 0.15) is 5.75 Å². The van der Waals surface area contributed by atoms with E-state index < -0.39 is 0 Å². The number of nitrogens with two attached hydrogens (primary N) is 1. The Labute approximate surface area is 131 Å². The third kappa shape index (κ3) is 4.97. The van der Waals surface area contributed by atoms with Crippen molar-refractivity contribution in [1.82, 2.24) is 0 Å². The monoisotopic (exact) mass is 302 g/mol. The zero-order valence-corrected chi connectivity index (χ0v) is 12.9. The molecule has 2 aromatic carbocycles. The van der Waals surface area contributed by atoms with Gasteiger partial charge in [0.2, 0.25) is 0 Å². The summed E-state index contributed by atoms with van der Waals surface area (Å²) in [5.41, 5.74) is 2.26. The predicted molar refractivity (Wildman–Crippen MR) is 86.2 cm³/mol. The van der Waals surface area contributed by atoms with Crippen LogP contribution in [0.3, 0.4) is 0 Å². The van der Waals surface area contributed by atoms with Crippen LogP contribution < -0.4 is 5.32 Å². The summed E-state index contributed by atoms with van der Waals surface area (Å²) in [6.45, 7) is 3.15. The van der Waals surface area contributed by atoms with E-state index in [9.17, 15) is 15.3 Å². The van der Waals surface area contributed by atoms with Crippen LogP contribution in [0.25, 0.3) is 0 Å². The quantitative estimate of drug-likeness (QED) is 0.590. The Morgan fingerprint density at radius 3 is 2.23 bits per heavy atom. The van der Waals surface area contributed by atoms with Gasteiger partial charge in [-0.1, -0.05) is 18.2 Å². The molecule has 0 radical (unpaired) electrons. The molecule has 0 saturated carbocycles. The molecule has 5 N–H and O–H groups in total. The van der Waals surface area contributed by atoms with Crippen LogP contribution in [0.2, 0.25) is 0 Å². The maximum atomic E-state index is 9.46. The topological polar surface area (TPSA) is 77.3 Å². The highest BCUT2D eigenvalue weighted by Gasteiger charge is 2.07. The SMILES string of the molecule is C[C@H](CCc1ccc(O)cc1)[NH2+]CCc1ccc(O)c(O)c1. The Morgan fingerprint density at radius 2 is 1.55 bits per heavy atom. The summed E-state index contributed by atoms with van der Waals surface area (Å²) >= 11 is 0. The highest BCUT2D eigenvalue weighted by atomic mass is 16.3. The van der Waals surface area contributed by atoms with E-state index in [1.807, 2.05) is 18.2 Å². The maximum Gasteiger partial charge on any atom is 0.157 e. The van der Waals surface area contributed by atoms with Gasteiger partial charge >= 0.3 is 0 Å². The fourth-order valence-corrected chi connectivity index (χ4v) is 2.43. The summed E-state index contributed by atoms with van der Waals surface area (Å²) in [4.78, 5) is 0. The lowest BCUT2D eigenvalue weighted by molar-refractivity contribution is -0.686. The fourth-order valence-electron chi connectivity index (χ4n) is 2.43. The number of aromatic hydroxyl groups is 3.